The lowest BCUT2D eigenvalue weighted by Gasteiger charge is -2.10. The number of hydrogen-bond acceptors (Lipinski definition) is 3. The van der Waals surface area contributed by atoms with Gasteiger partial charge in [-0.25, -0.2) is 18.7 Å². The molecule has 0 fully saturated rings. The number of rotatable bonds is 2. The molecule has 1 heterocycles. The van der Waals surface area contributed by atoms with Gasteiger partial charge in [-0.1, -0.05) is 0 Å². The van der Waals surface area contributed by atoms with Crippen LogP contribution in [0, 0.1) is 11.6 Å². The Hall–Kier alpha value is -1.96. The standard InChI is InChI=1S/C11H5ClF5N3/c12-10-19-8(11(15,16)17)4-9(20-10)18-7-2-5(13)1-6(14)3-7/h1-4H,(H,18,19,20). The summed E-state index contributed by atoms with van der Waals surface area (Å²) in [5.41, 5.74) is -1.37. The Labute approximate surface area is 114 Å². The van der Waals surface area contributed by atoms with Gasteiger partial charge in [0, 0.05) is 17.8 Å². The molecule has 2 aromatic rings. The van der Waals surface area contributed by atoms with Crippen molar-refractivity contribution in [3.05, 3.63) is 46.9 Å². The molecule has 3 nitrogen and oxygen atoms in total. The second kappa shape index (κ2) is 5.20. The molecule has 0 atom stereocenters. The first-order valence-corrected chi connectivity index (χ1v) is 5.47. The summed E-state index contributed by atoms with van der Waals surface area (Å²) < 4.78 is 63.5. The SMILES string of the molecule is Fc1cc(F)cc(Nc2cc(C(F)(F)F)nc(Cl)n2)c1. The number of halogens is 6. The molecule has 1 aromatic heterocycles. The van der Waals surface area contributed by atoms with E-state index >= 15 is 0 Å². The largest absolute Gasteiger partial charge is 0.433 e. The van der Waals surface area contributed by atoms with E-state index in [2.05, 4.69) is 15.3 Å². The first-order valence-electron chi connectivity index (χ1n) is 5.09. The Morgan fingerprint density at radius 2 is 1.55 bits per heavy atom. The van der Waals surface area contributed by atoms with Crippen molar-refractivity contribution < 1.29 is 22.0 Å². The average Bonchev–Trinajstić information content (AvgIpc) is 2.25. The number of nitrogens with zero attached hydrogens (tertiary/aromatic N) is 2. The summed E-state index contributed by atoms with van der Waals surface area (Å²) in [6.45, 7) is 0. The zero-order chi connectivity index (χ0) is 14.9. The maximum atomic E-state index is 13.0. The molecule has 106 valence electrons. The summed E-state index contributed by atoms with van der Waals surface area (Å²) in [5.74, 6) is -2.10. The summed E-state index contributed by atoms with van der Waals surface area (Å²) in [5, 5.41) is 1.68. The third-order valence-corrected chi connectivity index (χ3v) is 2.29. The maximum Gasteiger partial charge on any atom is 0.433 e. The number of nitrogens with one attached hydrogen (secondary N) is 1. The number of hydrogen-bond donors (Lipinski definition) is 1. The first kappa shape index (κ1) is 14.4. The minimum atomic E-state index is -4.71. The Kier molecular flexibility index (Phi) is 3.76. The lowest BCUT2D eigenvalue weighted by Crippen LogP contribution is -2.10. The van der Waals surface area contributed by atoms with Gasteiger partial charge in [0.25, 0.3) is 0 Å². The van der Waals surface area contributed by atoms with Crippen LogP contribution in [-0.2, 0) is 6.18 Å². The van der Waals surface area contributed by atoms with Crippen LogP contribution in [0.3, 0.4) is 0 Å². The summed E-state index contributed by atoms with van der Waals surface area (Å²) in [7, 11) is 0. The van der Waals surface area contributed by atoms with Gasteiger partial charge >= 0.3 is 6.18 Å². The van der Waals surface area contributed by atoms with Gasteiger partial charge < -0.3 is 5.32 Å². The summed E-state index contributed by atoms with van der Waals surface area (Å²) in [6, 6.07) is 2.99. The van der Waals surface area contributed by atoms with Crippen LogP contribution < -0.4 is 5.32 Å². The number of alkyl halides is 3. The molecule has 20 heavy (non-hydrogen) atoms. The molecule has 0 amide bonds. The van der Waals surface area contributed by atoms with Gasteiger partial charge in [0.05, 0.1) is 0 Å². The van der Waals surface area contributed by atoms with Crippen molar-refractivity contribution in [1.29, 1.82) is 0 Å². The normalized spacial score (nSPS) is 11.5. The van der Waals surface area contributed by atoms with E-state index in [9.17, 15) is 22.0 Å². The van der Waals surface area contributed by atoms with Crippen LogP contribution in [0.15, 0.2) is 24.3 Å². The fourth-order valence-corrected chi connectivity index (χ4v) is 1.58. The predicted octanol–water partition coefficient (Wildman–Crippen LogP) is 4.17. The van der Waals surface area contributed by atoms with Crippen LogP contribution in [0.25, 0.3) is 0 Å². The lowest BCUT2D eigenvalue weighted by molar-refractivity contribution is -0.141. The Morgan fingerprint density at radius 1 is 0.950 bits per heavy atom. The lowest BCUT2D eigenvalue weighted by atomic mass is 10.3. The van der Waals surface area contributed by atoms with Crippen LogP contribution in [0.2, 0.25) is 5.28 Å². The molecule has 0 radical (unpaired) electrons. The van der Waals surface area contributed by atoms with Crippen molar-refractivity contribution in [2.75, 3.05) is 5.32 Å². The van der Waals surface area contributed by atoms with Gasteiger partial charge in [-0.05, 0) is 23.7 Å². The van der Waals surface area contributed by atoms with Crippen LogP contribution in [0.4, 0.5) is 33.5 Å². The molecule has 0 spiro atoms. The van der Waals surface area contributed by atoms with Crippen molar-refractivity contribution >= 4 is 23.1 Å². The third kappa shape index (κ3) is 3.53. The Bertz CT molecular complexity index is 624. The highest BCUT2D eigenvalue weighted by atomic mass is 35.5. The predicted molar refractivity (Wildman–Crippen MR) is 61.7 cm³/mol. The van der Waals surface area contributed by atoms with E-state index in [1.54, 1.807) is 0 Å². The monoisotopic (exact) mass is 309 g/mol. The summed E-state index contributed by atoms with van der Waals surface area (Å²) >= 11 is 5.37. The topological polar surface area (TPSA) is 37.8 Å². The molecule has 0 unspecified atom stereocenters. The van der Waals surface area contributed by atoms with Crippen LogP contribution in [0.1, 0.15) is 5.69 Å². The molecule has 0 aliphatic carbocycles. The van der Waals surface area contributed by atoms with E-state index < -0.39 is 28.8 Å². The highest BCUT2D eigenvalue weighted by Crippen LogP contribution is 2.30. The molecule has 0 saturated heterocycles. The second-order valence-electron chi connectivity index (χ2n) is 3.69. The van der Waals surface area contributed by atoms with E-state index in [0.29, 0.717) is 12.1 Å². The molecule has 1 N–H and O–H groups in total. The van der Waals surface area contributed by atoms with Gasteiger partial charge in [0.15, 0.2) is 5.69 Å². The van der Waals surface area contributed by atoms with E-state index in [0.717, 1.165) is 12.1 Å². The fraction of sp³-hybridized carbons (Fsp3) is 0.0909. The molecule has 9 heteroatoms. The van der Waals surface area contributed by atoms with E-state index in [-0.39, 0.29) is 11.5 Å². The number of benzene rings is 1. The first-order chi connectivity index (χ1) is 9.24. The molecule has 1 aromatic carbocycles. The molecular formula is C11H5ClF5N3. The molecular weight excluding hydrogens is 305 g/mol. The van der Waals surface area contributed by atoms with E-state index in [1.165, 1.54) is 0 Å². The van der Waals surface area contributed by atoms with Crippen molar-refractivity contribution in [2.45, 2.75) is 6.18 Å². The van der Waals surface area contributed by atoms with E-state index in [1.807, 2.05) is 0 Å². The third-order valence-electron chi connectivity index (χ3n) is 2.12. The Balaban J connectivity index is 2.36. The van der Waals surface area contributed by atoms with Gasteiger partial charge in [0.2, 0.25) is 5.28 Å². The molecule has 0 aliphatic heterocycles. The summed E-state index contributed by atoms with van der Waals surface area (Å²) in [4.78, 5) is 6.52. The van der Waals surface area contributed by atoms with Crippen molar-refractivity contribution in [3.63, 3.8) is 0 Å². The van der Waals surface area contributed by atoms with Crippen LogP contribution >= 0.6 is 11.6 Å². The van der Waals surface area contributed by atoms with Gasteiger partial charge in [-0.3, -0.25) is 0 Å². The Morgan fingerprint density at radius 3 is 2.10 bits per heavy atom. The second-order valence-corrected chi connectivity index (χ2v) is 4.03. The van der Waals surface area contributed by atoms with Gasteiger partial charge in [0.1, 0.15) is 17.5 Å². The maximum absolute atomic E-state index is 13.0. The van der Waals surface area contributed by atoms with Crippen LogP contribution in [0.5, 0.6) is 0 Å². The van der Waals surface area contributed by atoms with Crippen molar-refractivity contribution in [2.24, 2.45) is 0 Å². The average molecular weight is 310 g/mol. The minimum absolute atomic E-state index is 0.106. The van der Waals surface area contributed by atoms with E-state index in [4.69, 9.17) is 11.6 Å². The van der Waals surface area contributed by atoms with Crippen LogP contribution in [-0.4, -0.2) is 9.97 Å². The zero-order valence-corrected chi connectivity index (χ0v) is 10.2. The highest BCUT2D eigenvalue weighted by Gasteiger charge is 2.33. The molecule has 0 bridgehead atoms. The smallest absolute Gasteiger partial charge is 0.340 e. The summed E-state index contributed by atoms with van der Waals surface area (Å²) in [6.07, 6.45) is -4.71. The van der Waals surface area contributed by atoms with Crippen molar-refractivity contribution in [3.8, 4) is 0 Å². The minimum Gasteiger partial charge on any atom is -0.340 e. The fourth-order valence-electron chi connectivity index (χ4n) is 1.40. The molecule has 0 aliphatic rings. The van der Waals surface area contributed by atoms with Gasteiger partial charge in [-0.15, -0.1) is 0 Å². The molecule has 2 rings (SSSR count). The van der Waals surface area contributed by atoms with Crippen molar-refractivity contribution in [1.82, 2.24) is 9.97 Å². The number of aromatic nitrogens is 2. The quantitative estimate of drug-likeness (QED) is 0.668. The zero-order valence-electron chi connectivity index (χ0n) is 9.47. The number of anilines is 2. The highest BCUT2D eigenvalue weighted by molar-refractivity contribution is 6.28. The van der Waals surface area contributed by atoms with Gasteiger partial charge in [-0.2, -0.15) is 13.2 Å². The molecule has 0 saturated carbocycles.